The zero-order valence-corrected chi connectivity index (χ0v) is 10.1. The topological polar surface area (TPSA) is 70.0 Å². The second kappa shape index (κ2) is 7.65. The van der Waals surface area contributed by atoms with Crippen LogP contribution in [0.3, 0.4) is 0 Å². The number of nitrogens with zero attached hydrogens (tertiary/aromatic N) is 1. The van der Waals surface area contributed by atoms with Gasteiger partial charge in [-0.3, -0.25) is 4.79 Å². The van der Waals surface area contributed by atoms with E-state index < -0.39 is 12.5 Å². The van der Waals surface area contributed by atoms with Crippen LogP contribution in [-0.4, -0.2) is 53.9 Å². The number of rotatable bonds is 7. The Balaban J connectivity index is 2.84. The molecule has 0 bridgehead atoms. The van der Waals surface area contributed by atoms with E-state index in [4.69, 9.17) is 10.2 Å². The van der Waals surface area contributed by atoms with Crippen molar-refractivity contribution in [2.45, 2.75) is 6.61 Å². The van der Waals surface area contributed by atoms with Crippen LogP contribution in [-0.2, 0) is 0 Å². The minimum absolute atomic E-state index is 0.0549. The van der Waals surface area contributed by atoms with E-state index in [0.29, 0.717) is 0 Å². The van der Waals surface area contributed by atoms with Crippen molar-refractivity contribution in [3.05, 3.63) is 29.8 Å². The first kappa shape index (κ1) is 15.3. The molecule has 1 amide bonds. The van der Waals surface area contributed by atoms with Gasteiger partial charge in [-0.25, -0.2) is 0 Å². The zero-order valence-electron chi connectivity index (χ0n) is 10.1. The molecule has 0 aliphatic carbocycles. The molecule has 2 N–H and O–H groups in total. The minimum atomic E-state index is -2.96. The molecule has 0 fully saturated rings. The molecule has 0 aliphatic rings. The van der Waals surface area contributed by atoms with E-state index in [2.05, 4.69) is 4.74 Å². The molecule has 1 rings (SSSR count). The van der Waals surface area contributed by atoms with Crippen LogP contribution in [0.15, 0.2) is 24.3 Å². The highest BCUT2D eigenvalue weighted by Gasteiger charge is 2.16. The van der Waals surface area contributed by atoms with E-state index >= 15 is 0 Å². The normalized spacial score (nSPS) is 10.6. The number of benzene rings is 1. The summed E-state index contributed by atoms with van der Waals surface area (Å²) in [6, 6.07) is 5.37. The summed E-state index contributed by atoms with van der Waals surface area (Å²) in [6.45, 7) is -3.35. The number of carbonyl (C=O) groups excluding carboxylic acids is 1. The van der Waals surface area contributed by atoms with Crippen molar-refractivity contribution < 1.29 is 28.5 Å². The molecule has 1 aromatic carbocycles. The van der Waals surface area contributed by atoms with E-state index in [0.717, 1.165) is 0 Å². The molecule has 7 heteroatoms. The maximum absolute atomic E-state index is 12.1. The quantitative estimate of drug-likeness (QED) is 0.769. The Labute approximate surface area is 109 Å². The number of aliphatic hydroxyl groups is 2. The van der Waals surface area contributed by atoms with Gasteiger partial charge >= 0.3 is 6.61 Å². The average molecular weight is 275 g/mol. The van der Waals surface area contributed by atoms with Crippen molar-refractivity contribution >= 4 is 5.91 Å². The average Bonchev–Trinajstić information content (AvgIpc) is 2.37. The fraction of sp³-hybridized carbons (Fsp3) is 0.417. The third kappa shape index (κ3) is 4.80. The van der Waals surface area contributed by atoms with Crippen LogP contribution >= 0.6 is 0 Å². The lowest BCUT2D eigenvalue weighted by Gasteiger charge is -2.20. The molecule has 0 atom stereocenters. The van der Waals surface area contributed by atoms with Crippen LogP contribution in [0.25, 0.3) is 0 Å². The van der Waals surface area contributed by atoms with Crippen molar-refractivity contribution in [3.8, 4) is 5.75 Å². The van der Waals surface area contributed by atoms with Crippen molar-refractivity contribution in [3.63, 3.8) is 0 Å². The van der Waals surface area contributed by atoms with Crippen LogP contribution < -0.4 is 4.74 Å². The minimum Gasteiger partial charge on any atom is -0.435 e. The maximum atomic E-state index is 12.1. The van der Waals surface area contributed by atoms with Crippen molar-refractivity contribution in [2.24, 2.45) is 0 Å². The van der Waals surface area contributed by atoms with Gasteiger partial charge in [0.1, 0.15) is 5.75 Å². The molecule has 19 heavy (non-hydrogen) atoms. The van der Waals surface area contributed by atoms with Gasteiger partial charge in [-0.2, -0.15) is 8.78 Å². The number of hydrogen-bond donors (Lipinski definition) is 2. The van der Waals surface area contributed by atoms with E-state index in [9.17, 15) is 13.6 Å². The van der Waals surface area contributed by atoms with E-state index in [-0.39, 0.29) is 37.6 Å². The summed E-state index contributed by atoms with van der Waals surface area (Å²) in [4.78, 5) is 13.2. The van der Waals surface area contributed by atoms with E-state index in [1.165, 1.54) is 29.2 Å². The Morgan fingerprint density at radius 3 is 2.42 bits per heavy atom. The van der Waals surface area contributed by atoms with Crippen molar-refractivity contribution in [2.75, 3.05) is 26.3 Å². The Hall–Kier alpha value is -1.73. The van der Waals surface area contributed by atoms with Gasteiger partial charge < -0.3 is 19.8 Å². The SMILES string of the molecule is O=C(c1cccc(OC(F)F)c1)N(CCO)CCO. The standard InChI is InChI=1S/C12H15F2NO4/c13-12(14)19-10-3-1-2-9(8-10)11(18)15(4-6-16)5-7-17/h1-3,8,12,16-17H,4-7H2. The molecule has 1 aromatic rings. The molecule has 0 aromatic heterocycles. The number of halogens is 2. The van der Waals surface area contributed by atoms with Gasteiger partial charge in [-0.1, -0.05) is 6.07 Å². The summed E-state index contributed by atoms with van der Waals surface area (Å²) in [6.07, 6.45) is 0. The Bertz CT molecular complexity index is 408. The largest absolute Gasteiger partial charge is 0.435 e. The smallest absolute Gasteiger partial charge is 0.387 e. The Morgan fingerprint density at radius 2 is 1.89 bits per heavy atom. The van der Waals surface area contributed by atoms with Crippen LogP contribution in [0.4, 0.5) is 8.78 Å². The van der Waals surface area contributed by atoms with Crippen molar-refractivity contribution in [1.82, 2.24) is 4.90 Å². The first-order chi connectivity index (χ1) is 9.08. The zero-order chi connectivity index (χ0) is 14.3. The van der Waals surface area contributed by atoms with Crippen LogP contribution in [0.5, 0.6) is 5.75 Å². The summed E-state index contributed by atoms with van der Waals surface area (Å²) in [5.74, 6) is -0.586. The highest BCUT2D eigenvalue weighted by molar-refractivity contribution is 5.94. The predicted molar refractivity (Wildman–Crippen MR) is 63.1 cm³/mol. The number of ether oxygens (including phenoxy) is 1. The molecule has 0 radical (unpaired) electrons. The lowest BCUT2D eigenvalue weighted by Crippen LogP contribution is -2.35. The van der Waals surface area contributed by atoms with Gasteiger partial charge in [-0.15, -0.1) is 0 Å². The van der Waals surface area contributed by atoms with Crippen LogP contribution in [0.2, 0.25) is 0 Å². The van der Waals surface area contributed by atoms with Gasteiger partial charge in [0, 0.05) is 18.7 Å². The number of hydrogen-bond acceptors (Lipinski definition) is 4. The van der Waals surface area contributed by atoms with Gasteiger partial charge in [0.15, 0.2) is 0 Å². The number of amides is 1. The molecule has 0 unspecified atom stereocenters. The highest BCUT2D eigenvalue weighted by atomic mass is 19.3. The summed E-state index contributed by atoms with van der Waals surface area (Å²) in [5, 5.41) is 17.7. The fourth-order valence-electron chi connectivity index (χ4n) is 1.54. The van der Waals surface area contributed by atoms with Gasteiger partial charge in [0.25, 0.3) is 5.91 Å². The molecule has 0 heterocycles. The first-order valence-electron chi connectivity index (χ1n) is 5.64. The fourth-order valence-corrected chi connectivity index (χ4v) is 1.54. The molecule has 0 spiro atoms. The second-order valence-electron chi connectivity index (χ2n) is 3.65. The predicted octanol–water partition coefficient (Wildman–Crippen LogP) is 0.715. The molecule has 5 nitrogen and oxygen atoms in total. The number of carbonyl (C=O) groups is 1. The van der Waals surface area contributed by atoms with Crippen LogP contribution in [0, 0.1) is 0 Å². The molecular formula is C12H15F2NO4. The number of aliphatic hydroxyl groups excluding tert-OH is 2. The van der Waals surface area contributed by atoms with Gasteiger partial charge in [0.2, 0.25) is 0 Å². The van der Waals surface area contributed by atoms with E-state index in [1.807, 2.05) is 0 Å². The highest BCUT2D eigenvalue weighted by Crippen LogP contribution is 2.17. The first-order valence-corrected chi connectivity index (χ1v) is 5.64. The third-order valence-electron chi connectivity index (χ3n) is 2.33. The van der Waals surface area contributed by atoms with Gasteiger partial charge in [0.05, 0.1) is 13.2 Å². The van der Waals surface area contributed by atoms with Gasteiger partial charge in [-0.05, 0) is 18.2 Å². The summed E-state index contributed by atoms with van der Waals surface area (Å²) < 4.78 is 28.3. The Kier molecular flexibility index (Phi) is 6.17. The lowest BCUT2D eigenvalue weighted by molar-refractivity contribution is -0.0499. The van der Waals surface area contributed by atoms with E-state index in [1.54, 1.807) is 0 Å². The summed E-state index contributed by atoms with van der Waals surface area (Å²) in [5.41, 5.74) is 0.153. The lowest BCUT2D eigenvalue weighted by atomic mass is 10.2. The second-order valence-corrected chi connectivity index (χ2v) is 3.65. The molecule has 0 aliphatic heterocycles. The summed E-state index contributed by atoms with van der Waals surface area (Å²) >= 11 is 0. The summed E-state index contributed by atoms with van der Waals surface area (Å²) in [7, 11) is 0. The number of alkyl halides is 2. The molecular weight excluding hydrogens is 260 g/mol. The van der Waals surface area contributed by atoms with Crippen molar-refractivity contribution in [1.29, 1.82) is 0 Å². The monoisotopic (exact) mass is 275 g/mol. The Morgan fingerprint density at radius 1 is 1.26 bits per heavy atom. The molecule has 0 saturated carbocycles. The van der Waals surface area contributed by atoms with Crippen LogP contribution in [0.1, 0.15) is 10.4 Å². The molecule has 0 saturated heterocycles. The third-order valence-corrected chi connectivity index (χ3v) is 2.33. The maximum Gasteiger partial charge on any atom is 0.387 e. The molecule has 106 valence electrons.